The minimum absolute atomic E-state index is 0.366. The van der Waals surface area contributed by atoms with Crippen LogP contribution in [-0.2, 0) is 9.73 Å². The molecule has 0 bridgehead atoms. The number of benzene rings is 2. The number of halogens is 1. The van der Waals surface area contributed by atoms with Crippen molar-refractivity contribution in [3.63, 3.8) is 0 Å². The highest BCUT2D eigenvalue weighted by molar-refractivity contribution is 7.92. The molecule has 1 aliphatic heterocycles. The molecule has 9 nitrogen and oxygen atoms in total. The van der Waals surface area contributed by atoms with Crippen LogP contribution in [0.25, 0.3) is 22.2 Å². The standard InChI is InChI=1S/C27H25ClN8OS/c28-21-17-32-27(35-26(21)20-16-31-22-6-2-1-5-19(20)22)34-23-9-8-18(36-11-13-38(29,37)14-12-36)15-24(23)33-25-7-3-4-10-30-25/h1-10,15-17,29,31H,11-14H2,(H,30,33)(H,32,34,35). The van der Waals surface area contributed by atoms with Gasteiger partial charge in [0.15, 0.2) is 0 Å². The van der Waals surface area contributed by atoms with Crippen LogP contribution in [0.15, 0.2) is 79.3 Å². The van der Waals surface area contributed by atoms with Crippen molar-refractivity contribution in [3.05, 3.63) is 84.3 Å². The van der Waals surface area contributed by atoms with E-state index >= 15 is 0 Å². The molecule has 2 aromatic carbocycles. The second kappa shape index (κ2) is 9.96. The molecule has 192 valence electrons. The minimum atomic E-state index is -2.48. The molecule has 3 aromatic heterocycles. The molecule has 5 aromatic rings. The Hall–Kier alpha value is -4.15. The molecule has 0 radical (unpaired) electrons. The molecule has 1 fully saturated rings. The van der Waals surface area contributed by atoms with Gasteiger partial charge in [-0.1, -0.05) is 35.9 Å². The van der Waals surface area contributed by atoms with E-state index in [0.717, 1.165) is 33.5 Å². The molecule has 1 aliphatic rings. The van der Waals surface area contributed by atoms with E-state index < -0.39 is 9.73 Å². The maximum atomic E-state index is 12.1. The first-order valence-corrected chi connectivity index (χ1v) is 14.4. The van der Waals surface area contributed by atoms with Gasteiger partial charge in [0.2, 0.25) is 5.95 Å². The lowest BCUT2D eigenvalue weighted by atomic mass is 10.1. The predicted octanol–water partition coefficient (Wildman–Crippen LogP) is 6.03. The van der Waals surface area contributed by atoms with E-state index in [9.17, 15) is 4.21 Å². The van der Waals surface area contributed by atoms with Crippen LogP contribution in [0.5, 0.6) is 0 Å². The number of H-pyrrole nitrogens is 1. The van der Waals surface area contributed by atoms with Gasteiger partial charge in [-0.15, -0.1) is 0 Å². The largest absolute Gasteiger partial charge is 0.370 e. The summed E-state index contributed by atoms with van der Waals surface area (Å²) in [5.41, 5.74) is 5.04. The second-order valence-corrected chi connectivity index (χ2v) is 11.9. The SMILES string of the molecule is N=S1(=O)CCN(c2ccc(Nc3ncc(Cl)c(-c4c[nH]c5ccccc45)n3)c(Nc3ccccn3)c2)CC1. The molecule has 11 heteroatoms. The van der Waals surface area contributed by atoms with Gasteiger partial charge in [0, 0.05) is 68.9 Å². The first kappa shape index (κ1) is 24.2. The van der Waals surface area contributed by atoms with Crippen molar-refractivity contribution in [3.8, 4) is 11.3 Å². The van der Waals surface area contributed by atoms with Gasteiger partial charge in [0.25, 0.3) is 0 Å². The Morgan fingerprint density at radius 3 is 2.61 bits per heavy atom. The zero-order chi connectivity index (χ0) is 26.1. The Bertz CT molecular complexity index is 1710. The van der Waals surface area contributed by atoms with E-state index in [1.807, 2.05) is 66.9 Å². The summed E-state index contributed by atoms with van der Waals surface area (Å²) in [4.78, 5) is 19.0. The maximum Gasteiger partial charge on any atom is 0.227 e. The Kier molecular flexibility index (Phi) is 6.34. The number of aromatic nitrogens is 4. The Morgan fingerprint density at radius 2 is 1.79 bits per heavy atom. The highest BCUT2D eigenvalue weighted by Gasteiger charge is 2.20. The van der Waals surface area contributed by atoms with Gasteiger partial charge in [-0.05, 0) is 36.4 Å². The number of nitrogens with one attached hydrogen (secondary N) is 4. The van der Waals surface area contributed by atoms with E-state index in [-0.39, 0.29) is 0 Å². The normalized spacial score (nSPS) is 14.9. The van der Waals surface area contributed by atoms with E-state index in [1.165, 1.54) is 0 Å². The summed E-state index contributed by atoms with van der Waals surface area (Å²) in [6.45, 7) is 1.15. The van der Waals surface area contributed by atoms with Crippen LogP contribution in [0.4, 0.5) is 28.8 Å². The number of para-hydroxylation sites is 1. The highest BCUT2D eigenvalue weighted by Crippen LogP contribution is 2.35. The average molecular weight is 545 g/mol. The average Bonchev–Trinajstić information content (AvgIpc) is 3.35. The number of aromatic amines is 1. The molecule has 0 unspecified atom stereocenters. The van der Waals surface area contributed by atoms with Crippen molar-refractivity contribution in [1.29, 1.82) is 4.78 Å². The van der Waals surface area contributed by atoms with Crippen molar-refractivity contribution in [2.24, 2.45) is 0 Å². The lowest BCUT2D eigenvalue weighted by molar-refractivity contribution is 0.664. The first-order chi connectivity index (χ1) is 18.4. The van der Waals surface area contributed by atoms with E-state index in [2.05, 4.69) is 30.5 Å². The van der Waals surface area contributed by atoms with Gasteiger partial charge in [0.05, 0.1) is 28.3 Å². The lowest BCUT2D eigenvalue weighted by Gasteiger charge is -2.30. The number of rotatable bonds is 6. The number of fused-ring (bicyclic) bond motifs is 1. The molecule has 6 rings (SSSR count). The van der Waals surface area contributed by atoms with Gasteiger partial charge in [-0.3, -0.25) is 4.78 Å². The van der Waals surface area contributed by atoms with Gasteiger partial charge >= 0.3 is 0 Å². The van der Waals surface area contributed by atoms with Crippen LogP contribution in [0, 0.1) is 4.78 Å². The molecule has 0 spiro atoms. The molecule has 1 saturated heterocycles. The summed E-state index contributed by atoms with van der Waals surface area (Å²) in [5, 5.41) is 8.21. The van der Waals surface area contributed by atoms with Gasteiger partial charge < -0.3 is 20.5 Å². The highest BCUT2D eigenvalue weighted by atomic mass is 35.5. The van der Waals surface area contributed by atoms with E-state index in [0.29, 0.717) is 47.1 Å². The fourth-order valence-corrected chi connectivity index (χ4v) is 5.94. The predicted molar refractivity (Wildman–Crippen MR) is 154 cm³/mol. The Morgan fingerprint density at radius 1 is 0.974 bits per heavy atom. The van der Waals surface area contributed by atoms with E-state index in [1.54, 1.807) is 12.4 Å². The molecular formula is C27H25ClN8OS. The Balaban J connectivity index is 1.34. The van der Waals surface area contributed by atoms with Crippen LogP contribution in [0.2, 0.25) is 5.02 Å². The third kappa shape index (κ3) is 5.00. The van der Waals surface area contributed by atoms with Crippen LogP contribution >= 0.6 is 11.6 Å². The minimum Gasteiger partial charge on any atom is -0.370 e. The van der Waals surface area contributed by atoms with Crippen molar-refractivity contribution >= 4 is 61.1 Å². The number of hydrogen-bond donors (Lipinski definition) is 4. The van der Waals surface area contributed by atoms with Crippen LogP contribution in [0.3, 0.4) is 0 Å². The number of nitrogens with zero attached hydrogens (tertiary/aromatic N) is 4. The second-order valence-electron chi connectivity index (χ2n) is 9.04. The quantitative estimate of drug-likeness (QED) is 0.206. The van der Waals surface area contributed by atoms with Crippen molar-refractivity contribution in [2.45, 2.75) is 0 Å². The molecule has 38 heavy (non-hydrogen) atoms. The number of pyridine rings is 1. The first-order valence-electron chi connectivity index (χ1n) is 12.1. The lowest BCUT2D eigenvalue weighted by Crippen LogP contribution is -2.39. The van der Waals surface area contributed by atoms with E-state index in [4.69, 9.17) is 21.4 Å². The number of hydrogen-bond acceptors (Lipinski definition) is 8. The van der Waals surface area contributed by atoms with Crippen LogP contribution < -0.4 is 15.5 Å². The maximum absolute atomic E-state index is 12.1. The summed E-state index contributed by atoms with van der Waals surface area (Å²) in [5.74, 6) is 1.83. The summed E-state index contributed by atoms with van der Waals surface area (Å²) >= 11 is 6.53. The molecule has 0 aliphatic carbocycles. The van der Waals surface area contributed by atoms with Crippen LogP contribution in [0.1, 0.15) is 0 Å². The third-order valence-electron chi connectivity index (χ3n) is 6.51. The molecule has 0 amide bonds. The summed E-state index contributed by atoms with van der Waals surface area (Å²) in [6, 6.07) is 19.6. The molecule has 0 saturated carbocycles. The monoisotopic (exact) mass is 544 g/mol. The fourth-order valence-electron chi connectivity index (χ4n) is 4.51. The molecule has 4 heterocycles. The van der Waals surface area contributed by atoms with Crippen LogP contribution in [-0.4, -0.2) is 48.7 Å². The summed E-state index contributed by atoms with van der Waals surface area (Å²) in [6.07, 6.45) is 5.23. The summed E-state index contributed by atoms with van der Waals surface area (Å²) in [7, 11) is -2.48. The molecule has 4 N–H and O–H groups in total. The molecular weight excluding hydrogens is 520 g/mol. The molecule has 0 atom stereocenters. The summed E-state index contributed by atoms with van der Waals surface area (Å²) < 4.78 is 20.0. The van der Waals surface area contributed by atoms with Crippen molar-refractivity contribution in [1.82, 2.24) is 19.9 Å². The smallest absolute Gasteiger partial charge is 0.227 e. The zero-order valence-electron chi connectivity index (χ0n) is 20.3. The topological polar surface area (TPSA) is 123 Å². The van der Waals surface area contributed by atoms with Crippen molar-refractivity contribution in [2.75, 3.05) is 40.1 Å². The van der Waals surface area contributed by atoms with Gasteiger partial charge in [-0.25, -0.2) is 19.2 Å². The Labute approximate surface area is 225 Å². The third-order valence-corrected chi connectivity index (χ3v) is 8.47. The van der Waals surface area contributed by atoms with Gasteiger partial charge in [0.1, 0.15) is 5.82 Å². The van der Waals surface area contributed by atoms with Gasteiger partial charge in [-0.2, -0.15) is 0 Å². The van der Waals surface area contributed by atoms with Crippen molar-refractivity contribution < 1.29 is 4.21 Å². The number of anilines is 5. The zero-order valence-corrected chi connectivity index (χ0v) is 21.9. The fraction of sp³-hybridized carbons (Fsp3) is 0.148.